The molecule has 1 heterocycles. The second kappa shape index (κ2) is 8.67. The highest BCUT2D eigenvalue weighted by atomic mass is 35.5. The Bertz CT molecular complexity index is 795. The van der Waals surface area contributed by atoms with Crippen LogP contribution in [0.4, 0.5) is 11.4 Å². The summed E-state index contributed by atoms with van der Waals surface area (Å²) in [5, 5.41) is 6.29. The van der Waals surface area contributed by atoms with Gasteiger partial charge in [-0.3, -0.25) is 4.79 Å². The largest absolute Gasteiger partial charge is 0.493 e. The summed E-state index contributed by atoms with van der Waals surface area (Å²) >= 11 is 0. The molecular weight excluding hydrogens is 356 g/mol. The summed E-state index contributed by atoms with van der Waals surface area (Å²) in [5.41, 5.74) is 3.48. The third-order valence-corrected chi connectivity index (χ3v) is 4.25. The third kappa shape index (κ3) is 3.80. The van der Waals surface area contributed by atoms with E-state index in [0.29, 0.717) is 22.8 Å². The average Bonchev–Trinajstić information content (AvgIpc) is 2.66. The molecule has 0 saturated heterocycles. The van der Waals surface area contributed by atoms with Gasteiger partial charge in [-0.15, -0.1) is 12.4 Å². The molecule has 1 aliphatic rings. The van der Waals surface area contributed by atoms with E-state index in [2.05, 4.69) is 10.6 Å². The molecule has 0 aliphatic carbocycles. The van der Waals surface area contributed by atoms with Gasteiger partial charge in [-0.05, 0) is 48.7 Å². The van der Waals surface area contributed by atoms with Crippen LogP contribution in [0.2, 0.25) is 0 Å². The van der Waals surface area contributed by atoms with E-state index >= 15 is 0 Å². The van der Waals surface area contributed by atoms with Gasteiger partial charge in [0.2, 0.25) is 5.75 Å². The molecule has 2 aromatic rings. The van der Waals surface area contributed by atoms with Crippen molar-refractivity contribution in [1.82, 2.24) is 0 Å². The zero-order valence-electron chi connectivity index (χ0n) is 15.0. The Hall–Kier alpha value is -2.60. The lowest BCUT2D eigenvalue weighted by Gasteiger charge is -2.19. The highest BCUT2D eigenvalue weighted by Crippen LogP contribution is 2.40. The SMILES string of the molecule is COc1ccc(C(=O)Nc2ccc3c(c2)CCCN3)c(OC)c1OC.Cl. The fourth-order valence-corrected chi connectivity index (χ4v) is 3.03. The summed E-state index contributed by atoms with van der Waals surface area (Å²) in [7, 11) is 4.55. The maximum atomic E-state index is 12.7. The number of ether oxygens (including phenoxy) is 3. The normalized spacial score (nSPS) is 12.1. The highest BCUT2D eigenvalue weighted by molar-refractivity contribution is 6.07. The van der Waals surface area contributed by atoms with Crippen molar-refractivity contribution >= 4 is 29.7 Å². The van der Waals surface area contributed by atoms with E-state index in [1.807, 2.05) is 18.2 Å². The van der Waals surface area contributed by atoms with Crippen LogP contribution in [-0.2, 0) is 6.42 Å². The molecule has 3 rings (SSSR count). The Morgan fingerprint density at radius 3 is 2.50 bits per heavy atom. The number of nitrogens with one attached hydrogen (secondary N) is 2. The van der Waals surface area contributed by atoms with Crippen LogP contribution in [0.1, 0.15) is 22.3 Å². The van der Waals surface area contributed by atoms with Gasteiger partial charge in [0, 0.05) is 17.9 Å². The summed E-state index contributed by atoms with van der Waals surface area (Å²) in [6.07, 6.45) is 2.10. The van der Waals surface area contributed by atoms with Gasteiger partial charge >= 0.3 is 0 Å². The molecule has 0 radical (unpaired) electrons. The molecule has 1 aliphatic heterocycles. The van der Waals surface area contributed by atoms with Gasteiger partial charge in [-0.1, -0.05) is 0 Å². The second-order valence-corrected chi connectivity index (χ2v) is 5.74. The summed E-state index contributed by atoms with van der Waals surface area (Å²) in [6, 6.07) is 9.24. The van der Waals surface area contributed by atoms with Crippen LogP contribution in [0, 0.1) is 0 Å². The molecule has 6 nitrogen and oxygen atoms in total. The van der Waals surface area contributed by atoms with E-state index in [1.165, 1.54) is 26.9 Å². The monoisotopic (exact) mass is 378 g/mol. The van der Waals surface area contributed by atoms with Crippen LogP contribution in [0.25, 0.3) is 0 Å². The Balaban J connectivity index is 0.00000243. The van der Waals surface area contributed by atoms with E-state index in [4.69, 9.17) is 14.2 Å². The summed E-state index contributed by atoms with van der Waals surface area (Å²) in [4.78, 5) is 12.7. The average molecular weight is 379 g/mol. The van der Waals surface area contributed by atoms with Crippen molar-refractivity contribution in [2.45, 2.75) is 12.8 Å². The molecule has 0 saturated carbocycles. The topological polar surface area (TPSA) is 68.8 Å². The summed E-state index contributed by atoms with van der Waals surface area (Å²) in [6.45, 7) is 0.988. The van der Waals surface area contributed by atoms with E-state index in [0.717, 1.165) is 30.8 Å². The molecule has 0 fully saturated rings. The van der Waals surface area contributed by atoms with Crippen molar-refractivity contribution in [3.8, 4) is 17.2 Å². The van der Waals surface area contributed by atoms with Gasteiger partial charge in [0.05, 0.1) is 26.9 Å². The molecule has 7 heteroatoms. The van der Waals surface area contributed by atoms with E-state index in [9.17, 15) is 4.79 Å². The van der Waals surface area contributed by atoms with Crippen molar-refractivity contribution in [3.63, 3.8) is 0 Å². The van der Waals surface area contributed by atoms with Crippen molar-refractivity contribution in [3.05, 3.63) is 41.5 Å². The lowest BCUT2D eigenvalue weighted by Crippen LogP contribution is -2.15. The Morgan fingerprint density at radius 2 is 1.81 bits per heavy atom. The van der Waals surface area contributed by atoms with Gasteiger partial charge in [-0.2, -0.15) is 0 Å². The van der Waals surface area contributed by atoms with Gasteiger partial charge in [0.1, 0.15) is 0 Å². The van der Waals surface area contributed by atoms with Crippen LogP contribution < -0.4 is 24.8 Å². The molecule has 1 amide bonds. The Labute approximate surface area is 159 Å². The maximum Gasteiger partial charge on any atom is 0.259 e. The summed E-state index contributed by atoms with van der Waals surface area (Å²) in [5.74, 6) is 0.989. The quantitative estimate of drug-likeness (QED) is 0.829. The number of aryl methyl sites for hydroxylation is 1. The lowest BCUT2D eigenvalue weighted by molar-refractivity contribution is 0.102. The minimum absolute atomic E-state index is 0. The number of rotatable bonds is 5. The molecule has 0 spiro atoms. The predicted molar refractivity (Wildman–Crippen MR) is 105 cm³/mol. The van der Waals surface area contributed by atoms with Crippen LogP contribution in [-0.4, -0.2) is 33.8 Å². The fraction of sp³-hybridized carbons (Fsp3) is 0.316. The minimum Gasteiger partial charge on any atom is -0.493 e. The van der Waals surface area contributed by atoms with E-state index in [-0.39, 0.29) is 18.3 Å². The number of hydrogen-bond donors (Lipinski definition) is 2. The molecular formula is C19H23ClN2O4. The molecule has 2 aromatic carbocycles. The second-order valence-electron chi connectivity index (χ2n) is 5.74. The first-order chi connectivity index (χ1) is 12.2. The van der Waals surface area contributed by atoms with Crippen LogP contribution in [0.5, 0.6) is 17.2 Å². The molecule has 0 bridgehead atoms. The lowest BCUT2D eigenvalue weighted by atomic mass is 10.0. The number of halogens is 1. The summed E-state index contributed by atoms with van der Waals surface area (Å²) < 4.78 is 16.0. The van der Waals surface area contributed by atoms with E-state index < -0.39 is 0 Å². The number of benzene rings is 2. The first kappa shape index (κ1) is 19.7. The Kier molecular flexibility index (Phi) is 6.58. The maximum absolute atomic E-state index is 12.7. The predicted octanol–water partition coefficient (Wildman–Crippen LogP) is 3.74. The van der Waals surface area contributed by atoms with Crippen LogP contribution >= 0.6 is 12.4 Å². The van der Waals surface area contributed by atoms with Crippen molar-refractivity contribution in [2.24, 2.45) is 0 Å². The smallest absolute Gasteiger partial charge is 0.259 e. The third-order valence-electron chi connectivity index (χ3n) is 4.25. The van der Waals surface area contributed by atoms with Gasteiger partial charge in [-0.25, -0.2) is 0 Å². The standard InChI is InChI=1S/C19H22N2O4.ClH/c1-23-16-9-7-14(17(24-2)18(16)25-3)19(22)21-13-6-8-15-12(11-13)5-4-10-20-15;/h6-9,11,20H,4-5,10H2,1-3H3,(H,21,22);1H. The van der Waals surface area contributed by atoms with Crippen LogP contribution in [0.3, 0.4) is 0 Å². The molecule has 0 atom stereocenters. The minimum atomic E-state index is -0.262. The zero-order valence-corrected chi connectivity index (χ0v) is 15.9. The zero-order chi connectivity index (χ0) is 17.8. The van der Waals surface area contributed by atoms with Crippen molar-refractivity contribution in [2.75, 3.05) is 38.5 Å². The number of amides is 1. The highest BCUT2D eigenvalue weighted by Gasteiger charge is 2.21. The number of fused-ring (bicyclic) bond motifs is 1. The first-order valence-electron chi connectivity index (χ1n) is 8.15. The number of carbonyl (C=O) groups is 1. The van der Waals surface area contributed by atoms with Gasteiger partial charge in [0.15, 0.2) is 11.5 Å². The Morgan fingerprint density at radius 1 is 1.04 bits per heavy atom. The fourth-order valence-electron chi connectivity index (χ4n) is 3.03. The number of anilines is 2. The molecule has 140 valence electrons. The van der Waals surface area contributed by atoms with Crippen LogP contribution in [0.15, 0.2) is 30.3 Å². The van der Waals surface area contributed by atoms with Crippen molar-refractivity contribution < 1.29 is 19.0 Å². The molecule has 2 N–H and O–H groups in total. The van der Waals surface area contributed by atoms with Crippen molar-refractivity contribution in [1.29, 1.82) is 0 Å². The number of methoxy groups -OCH3 is 3. The first-order valence-corrected chi connectivity index (χ1v) is 8.15. The van der Waals surface area contributed by atoms with Gasteiger partial charge in [0.25, 0.3) is 5.91 Å². The molecule has 0 unspecified atom stereocenters. The number of carbonyl (C=O) groups excluding carboxylic acids is 1. The number of hydrogen-bond acceptors (Lipinski definition) is 5. The van der Waals surface area contributed by atoms with Gasteiger partial charge < -0.3 is 24.8 Å². The molecule has 26 heavy (non-hydrogen) atoms. The molecule has 0 aromatic heterocycles. The van der Waals surface area contributed by atoms with E-state index in [1.54, 1.807) is 12.1 Å².